The van der Waals surface area contributed by atoms with Gasteiger partial charge in [-0.25, -0.2) is 24.1 Å². The van der Waals surface area contributed by atoms with Gasteiger partial charge in [0.05, 0.1) is 5.52 Å². The van der Waals surface area contributed by atoms with Crippen LogP contribution in [0.4, 0.5) is 13.2 Å². The number of ether oxygens (including phenoxy) is 1. The van der Waals surface area contributed by atoms with Crippen LogP contribution < -0.4 is 4.74 Å². The Morgan fingerprint density at radius 1 is 1.00 bits per heavy atom. The zero-order valence-electron chi connectivity index (χ0n) is 19.3. The molecule has 5 aromatic heterocycles. The predicted molar refractivity (Wildman–Crippen MR) is 129 cm³/mol. The number of pyridine rings is 1. The van der Waals surface area contributed by atoms with Crippen molar-refractivity contribution in [3.8, 4) is 17.3 Å². The second kappa shape index (κ2) is 7.98. The maximum atomic E-state index is 13.3. The molecule has 12 heteroatoms. The number of alkyl halides is 3. The van der Waals surface area contributed by atoms with Crippen LogP contribution in [0, 0.1) is 20.8 Å². The predicted octanol–water partition coefficient (Wildman–Crippen LogP) is 5.73. The van der Waals surface area contributed by atoms with Gasteiger partial charge in [0.25, 0.3) is 0 Å². The Hall–Kier alpha value is -4.06. The van der Waals surface area contributed by atoms with Crippen molar-refractivity contribution in [2.75, 3.05) is 0 Å². The van der Waals surface area contributed by atoms with Gasteiger partial charge in [-0.05, 0) is 61.7 Å². The van der Waals surface area contributed by atoms with Gasteiger partial charge in [0.2, 0.25) is 5.82 Å². The number of hydrogen-bond acceptors (Lipinski definition) is 7. The van der Waals surface area contributed by atoms with Gasteiger partial charge < -0.3 is 4.74 Å². The van der Waals surface area contributed by atoms with Crippen molar-refractivity contribution in [1.29, 1.82) is 0 Å². The quantitative estimate of drug-likeness (QED) is 0.302. The highest BCUT2D eigenvalue weighted by molar-refractivity contribution is 7.26. The van der Waals surface area contributed by atoms with Crippen LogP contribution in [0.1, 0.15) is 22.4 Å². The summed E-state index contributed by atoms with van der Waals surface area (Å²) in [4.78, 5) is 13.2. The molecule has 0 bridgehead atoms. The third-order valence-corrected chi connectivity index (χ3v) is 6.75. The zero-order valence-corrected chi connectivity index (χ0v) is 20.1. The molecule has 0 fully saturated rings. The molecule has 5 heterocycles. The van der Waals surface area contributed by atoms with Crippen molar-refractivity contribution < 1.29 is 17.9 Å². The Morgan fingerprint density at radius 3 is 2.53 bits per heavy atom. The van der Waals surface area contributed by atoms with Gasteiger partial charge in [0.15, 0.2) is 12.4 Å². The average Bonchev–Trinajstić information content (AvgIpc) is 3.52. The summed E-state index contributed by atoms with van der Waals surface area (Å²) in [5, 5.41) is 9.57. The van der Waals surface area contributed by atoms with Crippen LogP contribution in [0.25, 0.3) is 37.6 Å². The summed E-state index contributed by atoms with van der Waals surface area (Å²) in [7, 11) is 0. The van der Waals surface area contributed by atoms with Crippen LogP contribution in [0.5, 0.6) is 5.75 Å². The maximum absolute atomic E-state index is 13.3. The minimum atomic E-state index is -4.53. The number of rotatable bonds is 4. The van der Waals surface area contributed by atoms with Crippen molar-refractivity contribution in [3.63, 3.8) is 0 Å². The Balaban J connectivity index is 1.35. The minimum absolute atomic E-state index is 0.213. The number of halogens is 3. The van der Waals surface area contributed by atoms with E-state index in [0.717, 1.165) is 34.3 Å². The monoisotopic (exact) mass is 509 g/mol. The van der Waals surface area contributed by atoms with Gasteiger partial charge in [-0.15, -0.1) is 16.4 Å². The lowest BCUT2D eigenvalue weighted by molar-refractivity contribution is -0.141. The summed E-state index contributed by atoms with van der Waals surface area (Å²) in [6.45, 7) is 5.86. The molecule has 182 valence electrons. The molecule has 8 nitrogen and oxygen atoms in total. The molecular formula is C24H18F3N7OS. The van der Waals surface area contributed by atoms with E-state index in [-0.39, 0.29) is 11.6 Å². The fourth-order valence-corrected chi connectivity index (χ4v) is 5.35. The van der Waals surface area contributed by atoms with Gasteiger partial charge in [-0.1, -0.05) is 6.07 Å². The fraction of sp³-hybridized carbons (Fsp3) is 0.208. The van der Waals surface area contributed by atoms with Gasteiger partial charge in [0, 0.05) is 11.6 Å². The maximum Gasteiger partial charge on any atom is 0.433 e. The average molecular weight is 510 g/mol. The summed E-state index contributed by atoms with van der Waals surface area (Å²) in [5.41, 5.74) is 3.32. The van der Waals surface area contributed by atoms with Gasteiger partial charge in [-0.2, -0.15) is 18.3 Å². The molecular weight excluding hydrogens is 491 g/mol. The number of hydrogen-bond donors (Lipinski definition) is 0. The lowest BCUT2D eigenvalue weighted by atomic mass is 10.1. The molecule has 0 N–H and O–H groups in total. The number of aromatic nitrogens is 7. The van der Waals surface area contributed by atoms with E-state index in [4.69, 9.17) is 4.74 Å². The first kappa shape index (κ1) is 22.4. The standard InChI is InChI=1S/C24H18F3N7OS/c1-12-6-13(2)8-15(7-12)35-11-33-5-4-16(31-33)21-30-22-20-19(28-10-34(22)32-21)18-14(3)9-17(24(25,26)27)29-23(18)36-20/h4-10H,11H2,1-3H3. The van der Waals surface area contributed by atoms with Crippen molar-refractivity contribution >= 4 is 37.4 Å². The molecule has 1 aromatic carbocycles. The molecule has 36 heavy (non-hydrogen) atoms. The molecule has 0 amide bonds. The SMILES string of the molecule is Cc1cc(C)cc(OCn2ccc(-c3nc4c5sc6nc(C(F)(F)F)cc(C)c6c5ncn4n3)n2)c1. The number of aryl methyl sites for hydroxylation is 3. The molecule has 0 aliphatic carbocycles. The van der Waals surface area contributed by atoms with Crippen LogP contribution >= 0.6 is 11.3 Å². The molecule has 6 rings (SSSR count). The van der Waals surface area contributed by atoms with Crippen LogP contribution in [0.3, 0.4) is 0 Å². The summed E-state index contributed by atoms with van der Waals surface area (Å²) in [5.74, 6) is 1.12. The first-order valence-electron chi connectivity index (χ1n) is 10.9. The van der Waals surface area contributed by atoms with E-state index in [1.807, 2.05) is 26.0 Å². The van der Waals surface area contributed by atoms with E-state index in [1.165, 1.54) is 10.8 Å². The van der Waals surface area contributed by atoms with Gasteiger partial charge >= 0.3 is 6.18 Å². The molecule has 6 aromatic rings. The second-order valence-corrected chi connectivity index (χ2v) is 9.57. The fourth-order valence-electron chi connectivity index (χ4n) is 4.17. The Bertz CT molecular complexity index is 1760. The van der Waals surface area contributed by atoms with E-state index in [9.17, 15) is 13.2 Å². The molecule has 0 spiro atoms. The Kier molecular flexibility index (Phi) is 4.97. The molecule has 0 aliphatic rings. The smallest absolute Gasteiger partial charge is 0.433 e. The summed E-state index contributed by atoms with van der Waals surface area (Å²) in [6, 6.07) is 8.80. The van der Waals surface area contributed by atoms with E-state index in [2.05, 4.69) is 31.2 Å². The van der Waals surface area contributed by atoms with Crippen molar-refractivity contribution in [1.82, 2.24) is 34.3 Å². The van der Waals surface area contributed by atoms with Crippen LogP contribution in [-0.2, 0) is 12.9 Å². The lowest BCUT2D eigenvalue weighted by Crippen LogP contribution is -2.07. The van der Waals surface area contributed by atoms with E-state index < -0.39 is 11.9 Å². The van der Waals surface area contributed by atoms with Crippen molar-refractivity contribution in [3.05, 3.63) is 65.2 Å². The van der Waals surface area contributed by atoms with Crippen molar-refractivity contribution in [2.24, 2.45) is 0 Å². The number of benzene rings is 1. The molecule has 0 atom stereocenters. The van der Waals surface area contributed by atoms with Gasteiger partial charge in [0.1, 0.15) is 33.0 Å². The Labute approximate surface area is 206 Å². The molecule has 0 saturated carbocycles. The van der Waals surface area contributed by atoms with Crippen LogP contribution in [0.2, 0.25) is 0 Å². The third kappa shape index (κ3) is 3.83. The molecule has 0 aliphatic heterocycles. The highest BCUT2D eigenvalue weighted by Crippen LogP contribution is 2.38. The van der Waals surface area contributed by atoms with Crippen LogP contribution in [-0.4, -0.2) is 34.3 Å². The normalized spacial score (nSPS) is 12.3. The molecule has 0 saturated heterocycles. The summed E-state index contributed by atoms with van der Waals surface area (Å²) < 4.78 is 49.4. The van der Waals surface area contributed by atoms with E-state index in [0.29, 0.717) is 38.3 Å². The van der Waals surface area contributed by atoms with E-state index >= 15 is 0 Å². The number of thiophene rings is 1. The van der Waals surface area contributed by atoms with Gasteiger partial charge in [-0.3, -0.25) is 0 Å². The zero-order chi connectivity index (χ0) is 25.2. The molecule has 0 unspecified atom stereocenters. The van der Waals surface area contributed by atoms with Crippen LogP contribution in [0.15, 0.2) is 42.9 Å². The third-order valence-electron chi connectivity index (χ3n) is 5.68. The Morgan fingerprint density at radius 2 is 1.78 bits per heavy atom. The number of fused-ring (bicyclic) bond motifs is 5. The summed E-state index contributed by atoms with van der Waals surface area (Å²) in [6.07, 6.45) is -1.26. The van der Waals surface area contributed by atoms with E-state index in [1.54, 1.807) is 23.9 Å². The topological polar surface area (TPSA) is 83.0 Å². The lowest BCUT2D eigenvalue weighted by Gasteiger charge is -2.08. The second-order valence-electron chi connectivity index (χ2n) is 8.57. The summed E-state index contributed by atoms with van der Waals surface area (Å²) >= 11 is 1.11. The first-order chi connectivity index (χ1) is 17.2. The highest BCUT2D eigenvalue weighted by Gasteiger charge is 2.33. The molecule has 0 radical (unpaired) electrons. The number of nitrogens with zero attached hydrogens (tertiary/aromatic N) is 7. The highest BCUT2D eigenvalue weighted by atomic mass is 32.1. The minimum Gasteiger partial charge on any atom is -0.471 e. The largest absolute Gasteiger partial charge is 0.471 e. The van der Waals surface area contributed by atoms with Crippen molar-refractivity contribution in [2.45, 2.75) is 33.7 Å². The first-order valence-corrected chi connectivity index (χ1v) is 11.7.